The van der Waals surface area contributed by atoms with Crippen LogP contribution in [0.2, 0.25) is 0 Å². The molecule has 0 unspecified atom stereocenters. The number of esters is 1. The largest absolute Gasteiger partial charge is 0.429 e. The maximum absolute atomic E-state index is 12.2. The van der Waals surface area contributed by atoms with Crippen molar-refractivity contribution in [1.29, 1.82) is 0 Å². The molecule has 5 rings (SSSR count). The Morgan fingerprint density at radius 3 is 2.04 bits per heavy atom. The lowest BCUT2D eigenvalue weighted by atomic mass is 9.43. The summed E-state index contributed by atoms with van der Waals surface area (Å²) in [5.41, 5.74) is -0.878. The molecule has 49 heavy (non-hydrogen) atoms. The number of aliphatic hydroxyl groups excluding tert-OH is 2. The minimum atomic E-state index is -5.32. The van der Waals surface area contributed by atoms with Crippen LogP contribution in [-0.4, -0.2) is 85.8 Å². The molecule has 16 nitrogen and oxygen atoms in total. The average Bonchev–Trinajstić information content (AvgIpc) is 3.41. The van der Waals surface area contributed by atoms with E-state index in [9.17, 15) is 53.9 Å². The van der Waals surface area contributed by atoms with E-state index in [2.05, 4.69) is 25.0 Å². The number of hydrogen-bond acceptors (Lipinski definition) is 13. The molecule has 0 aromatic heterocycles. The number of carbonyl (C=O) groups excluding carboxylic acids is 1. The number of rotatable bonds is 11. The Labute approximate surface area is 287 Å². The van der Waals surface area contributed by atoms with Gasteiger partial charge in [-0.25, -0.2) is 17.3 Å². The summed E-state index contributed by atoms with van der Waals surface area (Å²) in [6, 6.07) is 0. The van der Waals surface area contributed by atoms with Gasteiger partial charge in [0.2, 0.25) is 6.29 Å². The minimum absolute atomic E-state index is 0.0182. The normalized spacial score (nSPS) is 42.3. The van der Waals surface area contributed by atoms with E-state index in [1.165, 1.54) is 6.08 Å². The molecule has 13 atom stereocenters. The molecule has 0 aromatic rings. The first-order valence-electron chi connectivity index (χ1n) is 16.3. The van der Waals surface area contributed by atoms with Gasteiger partial charge >= 0.3 is 37.2 Å². The molecule has 0 amide bonds. The summed E-state index contributed by atoms with van der Waals surface area (Å²) in [7, 11) is -15.7. The van der Waals surface area contributed by atoms with Crippen LogP contribution >= 0.6 is 0 Å². The number of ether oxygens (including phenoxy) is 1. The van der Waals surface area contributed by atoms with Crippen molar-refractivity contribution in [2.24, 2.45) is 45.8 Å². The van der Waals surface area contributed by atoms with Crippen LogP contribution < -0.4 is 0 Å². The number of carbonyl (C=O) groups is 1. The van der Waals surface area contributed by atoms with Crippen molar-refractivity contribution in [3.63, 3.8) is 0 Å². The lowest BCUT2D eigenvalue weighted by Crippen LogP contribution is -2.65. The molecular formula is C30H46O16S3. The van der Waals surface area contributed by atoms with Crippen molar-refractivity contribution >= 4 is 37.2 Å². The molecule has 0 bridgehead atoms. The summed E-state index contributed by atoms with van der Waals surface area (Å²) in [6.45, 7) is 9.99. The number of hydrogen-bond donors (Lipinski definition) is 5. The minimum Gasteiger partial charge on any atom is -0.429 e. The number of aliphatic hydroxyl groups is 2. The zero-order valence-corrected chi connectivity index (χ0v) is 30.3. The molecule has 0 spiro atoms. The predicted molar refractivity (Wildman–Crippen MR) is 169 cm³/mol. The van der Waals surface area contributed by atoms with Crippen LogP contribution in [0.15, 0.2) is 23.3 Å². The fourth-order valence-electron chi connectivity index (χ4n) is 10.4. The molecule has 5 N–H and O–H groups in total. The lowest BCUT2D eigenvalue weighted by Gasteiger charge is -2.63. The first kappa shape index (κ1) is 38.7. The van der Waals surface area contributed by atoms with Gasteiger partial charge in [0.25, 0.3) is 0 Å². The second kappa shape index (κ2) is 12.9. The first-order chi connectivity index (χ1) is 22.3. The highest BCUT2D eigenvalue weighted by atomic mass is 32.3. The summed E-state index contributed by atoms with van der Waals surface area (Å²) in [5.74, 6) is -2.00. The molecule has 3 saturated carbocycles. The molecule has 0 saturated heterocycles. The topological polar surface area (TPSA) is 258 Å². The van der Waals surface area contributed by atoms with E-state index in [1.54, 1.807) is 6.92 Å². The van der Waals surface area contributed by atoms with Crippen LogP contribution in [0.3, 0.4) is 0 Å². The molecule has 0 aromatic carbocycles. The van der Waals surface area contributed by atoms with E-state index in [-0.39, 0.29) is 29.6 Å². The quantitative estimate of drug-likeness (QED) is 0.115. The maximum atomic E-state index is 12.2. The van der Waals surface area contributed by atoms with Crippen LogP contribution in [0.5, 0.6) is 0 Å². The number of fused-ring (bicyclic) bond motifs is 5. The van der Waals surface area contributed by atoms with Gasteiger partial charge in [0.15, 0.2) is 0 Å². The van der Waals surface area contributed by atoms with Crippen LogP contribution in [0.4, 0.5) is 0 Å². The van der Waals surface area contributed by atoms with Crippen molar-refractivity contribution in [3.8, 4) is 0 Å². The maximum Gasteiger partial charge on any atom is 0.397 e. The molecule has 19 heteroatoms. The lowest BCUT2D eigenvalue weighted by molar-refractivity contribution is -0.179. The van der Waals surface area contributed by atoms with Crippen molar-refractivity contribution in [3.05, 3.63) is 23.3 Å². The zero-order chi connectivity index (χ0) is 36.7. The summed E-state index contributed by atoms with van der Waals surface area (Å²) in [4.78, 5) is 11.6. The molecule has 0 radical (unpaired) electrons. The van der Waals surface area contributed by atoms with E-state index < -0.39 is 97.0 Å². The Morgan fingerprint density at radius 1 is 0.898 bits per heavy atom. The van der Waals surface area contributed by atoms with E-state index in [0.717, 1.165) is 18.4 Å². The zero-order valence-electron chi connectivity index (χ0n) is 27.8. The number of cyclic esters (lactones) is 1. The van der Waals surface area contributed by atoms with E-state index >= 15 is 0 Å². The van der Waals surface area contributed by atoms with Gasteiger partial charge in [0.05, 0.1) is 12.2 Å². The molecule has 5 aliphatic rings. The highest BCUT2D eigenvalue weighted by Gasteiger charge is 2.68. The fraction of sp³-hybridized carbons (Fsp3) is 0.833. The highest BCUT2D eigenvalue weighted by Crippen LogP contribution is 2.72. The van der Waals surface area contributed by atoms with Crippen LogP contribution in [0.25, 0.3) is 0 Å². The van der Waals surface area contributed by atoms with Gasteiger partial charge in [-0.1, -0.05) is 46.3 Å². The Kier molecular flexibility index (Phi) is 10.2. The number of allylic oxidation sites excluding steroid dienone is 2. The molecule has 280 valence electrons. The Hall–Kier alpha value is -1.52. The van der Waals surface area contributed by atoms with Gasteiger partial charge < -0.3 is 14.9 Å². The van der Waals surface area contributed by atoms with E-state index in [4.69, 9.17) is 13.1 Å². The fourth-order valence-corrected chi connectivity index (χ4v) is 11.9. The standard InChI is InChI=1S/C30H46O16S3/c1-15(17-12-23(31)43-27(17)33)6-7-16(2)18-8-10-30(5)20-13-21(44-47(34,35)36)24-25(32)26(46-49(40,41)42)22(45-48(37,38)39)14-28(24,3)19(20)9-11-29(18,30)4/h9,12,15-16,18,20-22,24-27,32-33H,6-8,10-11,13-14H2,1-5H3,(H,34,35,36)(H,37,38,39)(H,40,41,42)/t15-,16-,18-,20-,21+,22+,24+,25-,26-,27-,28-,29-,30+/m1/s1. The molecule has 3 fully saturated rings. The highest BCUT2D eigenvalue weighted by molar-refractivity contribution is 7.81. The van der Waals surface area contributed by atoms with E-state index in [0.29, 0.717) is 24.8 Å². The van der Waals surface area contributed by atoms with Crippen molar-refractivity contribution in [2.75, 3.05) is 0 Å². The van der Waals surface area contributed by atoms with Gasteiger partial charge in [-0.05, 0) is 84.9 Å². The Bertz CT molecular complexity index is 1720. The van der Waals surface area contributed by atoms with Gasteiger partial charge in [-0.3, -0.25) is 13.7 Å². The first-order valence-corrected chi connectivity index (χ1v) is 20.3. The third-order valence-electron chi connectivity index (χ3n) is 12.8. The third kappa shape index (κ3) is 7.27. The summed E-state index contributed by atoms with van der Waals surface area (Å²) < 4.78 is 120. The van der Waals surface area contributed by atoms with Crippen LogP contribution in [-0.2, 0) is 53.3 Å². The Morgan fingerprint density at radius 2 is 1.49 bits per heavy atom. The smallest absolute Gasteiger partial charge is 0.397 e. The van der Waals surface area contributed by atoms with Gasteiger partial charge in [0.1, 0.15) is 12.2 Å². The summed E-state index contributed by atoms with van der Waals surface area (Å²) in [5, 5.41) is 21.7. The average molecular weight is 759 g/mol. The molecular weight excluding hydrogens is 713 g/mol. The van der Waals surface area contributed by atoms with E-state index in [1.807, 2.05) is 13.0 Å². The monoisotopic (exact) mass is 758 g/mol. The second-order valence-corrected chi connectivity index (χ2v) is 18.4. The summed E-state index contributed by atoms with van der Waals surface area (Å²) >= 11 is 0. The van der Waals surface area contributed by atoms with Crippen molar-refractivity contribution < 1.29 is 71.2 Å². The second-order valence-electron chi connectivity index (χ2n) is 15.3. The summed E-state index contributed by atoms with van der Waals surface area (Å²) in [6.07, 6.45) is -2.19. The van der Waals surface area contributed by atoms with Gasteiger partial charge in [-0.2, -0.15) is 25.3 Å². The van der Waals surface area contributed by atoms with Crippen LogP contribution in [0, 0.1) is 45.8 Å². The predicted octanol–water partition coefficient (Wildman–Crippen LogP) is 2.56. The third-order valence-corrected chi connectivity index (χ3v) is 14.2. The van der Waals surface area contributed by atoms with Crippen molar-refractivity contribution in [1.82, 2.24) is 0 Å². The van der Waals surface area contributed by atoms with Gasteiger partial charge in [-0.15, -0.1) is 0 Å². The van der Waals surface area contributed by atoms with Gasteiger partial charge in [0, 0.05) is 17.6 Å². The SMILES string of the molecule is C[C@H](CC[C@@H](C)[C@H]1CC[C@@]2(C)[C@@H]3C[C@H](OS(=O)(=O)O)[C@H]4[C@@H](O)[C@H](OS(=O)(=O)O)[C@@H](OS(=O)(=O)O)C[C@]4(C)C3=CC[C@]12C)C1=CC(=O)O[C@H]1O. The molecule has 1 heterocycles. The van der Waals surface area contributed by atoms with Crippen molar-refractivity contribution in [2.45, 2.75) is 110 Å². The molecule has 1 aliphatic heterocycles. The molecule has 4 aliphatic carbocycles. The Balaban J connectivity index is 1.50. The van der Waals surface area contributed by atoms with Crippen LogP contribution in [0.1, 0.15) is 79.6 Å².